The van der Waals surface area contributed by atoms with Crippen LogP contribution >= 0.6 is 0 Å². The van der Waals surface area contributed by atoms with Crippen molar-refractivity contribution in [3.63, 3.8) is 0 Å². The van der Waals surface area contributed by atoms with Gasteiger partial charge in [0.2, 0.25) is 0 Å². The van der Waals surface area contributed by atoms with E-state index in [0.717, 1.165) is 13.1 Å². The Labute approximate surface area is 130 Å². The van der Waals surface area contributed by atoms with E-state index < -0.39 is 0 Å². The van der Waals surface area contributed by atoms with Crippen molar-refractivity contribution in [3.8, 4) is 0 Å². The quantitative estimate of drug-likeness (QED) is 0.602. The molecule has 1 aromatic heterocycles. The van der Waals surface area contributed by atoms with Crippen LogP contribution < -0.4 is 5.73 Å². The summed E-state index contributed by atoms with van der Waals surface area (Å²) >= 11 is 0. The number of likely N-dealkylation sites (N-methyl/N-ethyl adjacent to an activating group) is 1. The number of nitrogens with two attached hydrogens (primary N) is 1. The monoisotopic (exact) mass is 294 g/mol. The van der Waals surface area contributed by atoms with E-state index in [9.17, 15) is 0 Å². The summed E-state index contributed by atoms with van der Waals surface area (Å²) in [4.78, 5) is 2.37. The molecule has 0 fully saturated rings. The van der Waals surface area contributed by atoms with E-state index in [-0.39, 0.29) is 0 Å². The Morgan fingerprint density at radius 2 is 1.86 bits per heavy atom. The van der Waals surface area contributed by atoms with Crippen LogP contribution in [0.25, 0.3) is 0 Å². The number of aromatic nitrogens is 2. The third-order valence-electron chi connectivity index (χ3n) is 4.23. The fourth-order valence-corrected chi connectivity index (χ4v) is 2.83. The van der Waals surface area contributed by atoms with E-state index >= 15 is 0 Å². The number of aryl methyl sites for hydroxylation is 1. The maximum Gasteiger partial charge on any atom is 0.0534 e. The summed E-state index contributed by atoms with van der Waals surface area (Å²) < 4.78 is 1.86. The smallest absolute Gasteiger partial charge is 0.0534 e. The molecule has 0 saturated heterocycles. The second-order valence-corrected chi connectivity index (χ2v) is 6.24. The third kappa shape index (κ3) is 7.63. The Kier molecular flexibility index (Phi) is 9.35. The highest BCUT2D eigenvalue weighted by molar-refractivity contribution is 5.03. The van der Waals surface area contributed by atoms with E-state index in [1.807, 2.05) is 17.9 Å². The molecule has 4 heteroatoms. The van der Waals surface area contributed by atoms with Gasteiger partial charge in [-0.2, -0.15) is 5.10 Å². The molecule has 1 aromatic rings. The summed E-state index contributed by atoms with van der Waals surface area (Å²) in [7, 11) is 4.13. The van der Waals surface area contributed by atoms with Crippen LogP contribution in [0.2, 0.25) is 0 Å². The molecule has 1 rings (SSSR count). The van der Waals surface area contributed by atoms with E-state index in [4.69, 9.17) is 5.73 Å². The molecule has 4 nitrogen and oxygen atoms in total. The van der Waals surface area contributed by atoms with Gasteiger partial charge in [-0.1, -0.05) is 51.9 Å². The Hall–Kier alpha value is -0.870. The topological polar surface area (TPSA) is 47.1 Å². The van der Waals surface area contributed by atoms with Gasteiger partial charge in [-0.05, 0) is 13.5 Å². The molecule has 0 radical (unpaired) electrons. The predicted molar refractivity (Wildman–Crippen MR) is 90.1 cm³/mol. The highest BCUT2D eigenvalue weighted by Gasteiger charge is 2.13. The summed E-state index contributed by atoms with van der Waals surface area (Å²) in [6, 6.07) is 0.487. The van der Waals surface area contributed by atoms with Crippen molar-refractivity contribution < 1.29 is 0 Å². The maximum absolute atomic E-state index is 5.95. The molecule has 122 valence electrons. The van der Waals surface area contributed by atoms with E-state index in [2.05, 4.69) is 30.2 Å². The highest BCUT2D eigenvalue weighted by Crippen LogP contribution is 2.13. The van der Waals surface area contributed by atoms with Crippen LogP contribution in [0.15, 0.2) is 12.4 Å². The van der Waals surface area contributed by atoms with Crippen LogP contribution in [0.4, 0.5) is 0 Å². The molecule has 0 aliphatic carbocycles. The minimum atomic E-state index is 0.487. The Balaban J connectivity index is 2.18. The van der Waals surface area contributed by atoms with Gasteiger partial charge in [-0.25, -0.2) is 0 Å². The lowest BCUT2D eigenvalue weighted by atomic mass is 10.0. The molecular weight excluding hydrogens is 260 g/mol. The number of rotatable bonds is 12. The standard InChI is InChI=1S/C17H34N4/c1-4-5-6-7-8-9-10-11-17(12-18)20(2)14-16-13-19-21(3)15-16/h13,15,17H,4-12,14,18H2,1-3H3. The van der Waals surface area contributed by atoms with Crippen LogP contribution in [-0.4, -0.2) is 34.3 Å². The zero-order chi connectivity index (χ0) is 15.5. The normalized spacial score (nSPS) is 13.0. The van der Waals surface area contributed by atoms with Crippen molar-refractivity contribution in [1.82, 2.24) is 14.7 Å². The first-order valence-corrected chi connectivity index (χ1v) is 8.55. The molecule has 0 aliphatic rings. The van der Waals surface area contributed by atoms with Crippen molar-refractivity contribution >= 4 is 0 Å². The van der Waals surface area contributed by atoms with Gasteiger partial charge in [0.25, 0.3) is 0 Å². The number of unbranched alkanes of at least 4 members (excludes halogenated alkanes) is 6. The first-order valence-electron chi connectivity index (χ1n) is 8.55. The lowest BCUT2D eigenvalue weighted by Gasteiger charge is -2.26. The van der Waals surface area contributed by atoms with E-state index in [1.165, 1.54) is 56.9 Å². The average Bonchev–Trinajstić information content (AvgIpc) is 2.87. The van der Waals surface area contributed by atoms with Gasteiger partial charge in [-0.3, -0.25) is 9.58 Å². The molecule has 1 heterocycles. The van der Waals surface area contributed by atoms with Gasteiger partial charge in [0.1, 0.15) is 0 Å². The summed E-state index contributed by atoms with van der Waals surface area (Å²) in [5.74, 6) is 0. The highest BCUT2D eigenvalue weighted by atomic mass is 15.2. The largest absolute Gasteiger partial charge is 0.329 e. The van der Waals surface area contributed by atoms with Gasteiger partial charge in [0.15, 0.2) is 0 Å². The van der Waals surface area contributed by atoms with Crippen molar-refractivity contribution in [2.24, 2.45) is 12.8 Å². The van der Waals surface area contributed by atoms with Crippen LogP contribution in [0.3, 0.4) is 0 Å². The summed E-state index contributed by atoms with van der Waals surface area (Å²) in [6.45, 7) is 3.95. The molecule has 1 atom stereocenters. The predicted octanol–water partition coefficient (Wildman–Crippen LogP) is 3.32. The fourth-order valence-electron chi connectivity index (χ4n) is 2.83. The molecule has 2 N–H and O–H groups in total. The first kappa shape index (κ1) is 18.2. The van der Waals surface area contributed by atoms with Crippen molar-refractivity contribution in [1.29, 1.82) is 0 Å². The molecule has 0 amide bonds. The van der Waals surface area contributed by atoms with Gasteiger partial charge < -0.3 is 5.73 Å². The van der Waals surface area contributed by atoms with Gasteiger partial charge in [-0.15, -0.1) is 0 Å². The lowest BCUT2D eigenvalue weighted by molar-refractivity contribution is 0.222. The minimum absolute atomic E-state index is 0.487. The Bertz CT molecular complexity index is 361. The molecular formula is C17H34N4. The first-order chi connectivity index (χ1) is 10.2. The minimum Gasteiger partial charge on any atom is -0.329 e. The molecule has 0 saturated carbocycles. The second-order valence-electron chi connectivity index (χ2n) is 6.24. The van der Waals surface area contributed by atoms with E-state index in [0.29, 0.717) is 6.04 Å². The van der Waals surface area contributed by atoms with Crippen LogP contribution in [0, 0.1) is 0 Å². The maximum atomic E-state index is 5.95. The number of hydrogen-bond donors (Lipinski definition) is 1. The van der Waals surface area contributed by atoms with Crippen LogP contribution in [0.5, 0.6) is 0 Å². The van der Waals surface area contributed by atoms with Crippen molar-refractivity contribution in [2.75, 3.05) is 13.6 Å². The van der Waals surface area contributed by atoms with Gasteiger partial charge in [0.05, 0.1) is 6.20 Å². The Morgan fingerprint density at radius 3 is 2.43 bits per heavy atom. The van der Waals surface area contributed by atoms with Crippen molar-refractivity contribution in [2.45, 2.75) is 70.9 Å². The molecule has 0 bridgehead atoms. The van der Waals surface area contributed by atoms with Gasteiger partial charge >= 0.3 is 0 Å². The summed E-state index contributed by atoms with van der Waals surface area (Å²) in [5.41, 5.74) is 7.21. The Morgan fingerprint density at radius 1 is 1.19 bits per heavy atom. The number of hydrogen-bond acceptors (Lipinski definition) is 3. The van der Waals surface area contributed by atoms with E-state index in [1.54, 1.807) is 0 Å². The summed E-state index contributed by atoms with van der Waals surface area (Å²) in [6.07, 6.45) is 14.8. The fraction of sp³-hybridized carbons (Fsp3) is 0.824. The van der Waals surface area contributed by atoms with Crippen LogP contribution in [0.1, 0.15) is 63.9 Å². The zero-order valence-corrected chi connectivity index (χ0v) is 14.2. The third-order valence-corrected chi connectivity index (χ3v) is 4.23. The number of nitrogens with zero attached hydrogens (tertiary/aromatic N) is 3. The zero-order valence-electron chi connectivity index (χ0n) is 14.2. The van der Waals surface area contributed by atoms with Gasteiger partial charge in [0, 0.05) is 37.9 Å². The average molecular weight is 294 g/mol. The second kappa shape index (κ2) is 10.8. The molecule has 0 spiro atoms. The molecule has 1 unspecified atom stereocenters. The van der Waals surface area contributed by atoms with Crippen LogP contribution in [-0.2, 0) is 13.6 Å². The molecule has 0 aliphatic heterocycles. The van der Waals surface area contributed by atoms with Crippen molar-refractivity contribution in [3.05, 3.63) is 18.0 Å². The lowest BCUT2D eigenvalue weighted by Crippen LogP contribution is -2.37. The SMILES string of the molecule is CCCCCCCCCC(CN)N(C)Cc1cnn(C)c1. The summed E-state index contributed by atoms with van der Waals surface area (Å²) in [5, 5.41) is 4.22. The molecule has 0 aromatic carbocycles. The molecule has 21 heavy (non-hydrogen) atoms.